The first-order chi connectivity index (χ1) is 8.88. The van der Waals surface area contributed by atoms with Gasteiger partial charge in [-0.2, -0.15) is 0 Å². The Bertz CT molecular complexity index is 280. The van der Waals surface area contributed by atoms with Gasteiger partial charge >= 0.3 is 0 Å². The van der Waals surface area contributed by atoms with Crippen molar-refractivity contribution in [1.82, 2.24) is 14.7 Å². The lowest BCUT2D eigenvalue weighted by Crippen LogP contribution is -2.59. The fourth-order valence-electron chi connectivity index (χ4n) is 3.74. The molecule has 2 aliphatic heterocycles. The summed E-state index contributed by atoms with van der Waals surface area (Å²) in [6.07, 6.45) is 2.78. The Morgan fingerprint density at radius 1 is 1.05 bits per heavy atom. The highest BCUT2D eigenvalue weighted by molar-refractivity contribution is 4.90. The van der Waals surface area contributed by atoms with E-state index in [0.29, 0.717) is 5.54 Å². The van der Waals surface area contributed by atoms with Gasteiger partial charge in [0.15, 0.2) is 0 Å². The van der Waals surface area contributed by atoms with Gasteiger partial charge < -0.3 is 9.80 Å². The highest BCUT2D eigenvalue weighted by Crippen LogP contribution is 2.26. The van der Waals surface area contributed by atoms with Crippen molar-refractivity contribution in [3.05, 3.63) is 0 Å². The number of likely N-dealkylation sites (tertiary alicyclic amines) is 1. The monoisotopic (exact) mass is 267 g/mol. The third kappa shape index (κ3) is 3.93. The van der Waals surface area contributed by atoms with E-state index in [0.717, 1.165) is 12.0 Å². The van der Waals surface area contributed by atoms with Crippen molar-refractivity contribution < 1.29 is 0 Å². The molecule has 0 unspecified atom stereocenters. The molecule has 0 aromatic heterocycles. The van der Waals surface area contributed by atoms with Crippen molar-refractivity contribution in [2.75, 3.05) is 46.3 Å². The van der Waals surface area contributed by atoms with Gasteiger partial charge in [-0.3, -0.25) is 4.90 Å². The molecule has 112 valence electrons. The third-order valence-corrected chi connectivity index (χ3v) is 5.12. The van der Waals surface area contributed by atoms with Crippen LogP contribution in [0, 0.1) is 5.92 Å². The molecule has 3 nitrogen and oxygen atoms in total. The van der Waals surface area contributed by atoms with E-state index in [1.807, 2.05) is 0 Å². The number of nitrogens with zero attached hydrogens (tertiary/aromatic N) is 3. The van der Waals surface area contributed by atoms with Crippen LogP contribution in [0.2, 0.25) is 0 Å². The van der Waals surface area contributed by atoms with Crippen LogP contribution in [0.3, 0.4) is 0 Å². The van der Waals surface area contributed by atoms with Crippen LogP contribution in [0.15, 0.2) is 0 Å². The number of hydrogen-bond acceptors (Lipinski definition) is 3. The van der Waals surface area contributed by atoms with Crippen molar-refractivity contribution in [2.45, 2.75) is 52.1 Å². The first-order valence-corrected chi connectivity index (χ1v) is 8.06. The minimum atomic E-state index is 0.349. The van der Waals surface area contributed by atoms with E-state index in [1.54, 1.807) is 0 Å². The van der Waals surface area contributed by atoms with Crippen LogP contribution in [0.1, 0.15) is 40.5 Å². The first-order valence-electron chi connectivity index (χ1n) is 8.06. The molecule has 0 aromatic rings. The minimum Gasteiger partial charge on any atom is -0.303 e. The van der Waals surface area contributed by atoms with Crippen LogP contribution in [0.5, 0.6) is 0 Å². The number of piperidine rings is 1. The molecule has 2 heterocycles. The predicted octanol–water partition coefficient (Wildman–Crippen LogP) is 2.13. The molecule has 19 heavy (non-hydrogen) atoms. The molecule has 0 saturated carbocycles. The predicted molar refractivity (Wildman–Crippen MR) is 82.6 cm³/mol. The van der Waals surface area contributed by atoms with E-state index in [-0.39, 0.29) is 0 Å². The second-order valence-corrected chi connectivity index (χ2v) is 7.57. The van der Waals surface area contributed by atoms with Crippen molar-refractivity contribution in [3.63, 3.8) is 0 Å². The van der Waals surface area contributed by atoms with Gasteiger partial charge in [0.25, 0.3) is 0 Å². The summed E-state index contributed by atoms with van der Waals surface area (Å²) in [5.74, 6) is 0.915. The Hall–Kier alpha value is -0.120. The van der Waals surface area contributed by atoms with E-state index in [1.165, 1.54) is 52.1 Å². The number of likely N-dealkylation sites (N-methyl/N-ethyl adjacent to an activating group) is 1. The van der Waals surface area contributed by atoms with Gasteiger partial charge in [-0.05, 0) is 66.6 Å². The topological polar surface area (TPSA) is 9.72 Å². The Morgan fingerprint density at radius 2 is 1.68 bits per heavy atom. The van der Waals surface area contributed by atoms with Gasteiger partial charge in [0.1, 0.15) is 0 Å². The first kappa shape index (κ1) is 15.3. The second kappa shape index (κ2) is 6.11. The van der Waals surface area contributed by atoms with E-state index >= 15 is 0 Å². The zero-order valence-corrected chi connectivity index (χ0v) is 13.7. The minimum absolute atomic E-state index is 0.349. The Morgan fingerprint density at radius 3 is 2.21 bits per heavy atom. The Balaban J connectivity index is 1.82. The molecule has 0 bridgehead atoms. The Labute approximate surface area is 119 Å². The summed E-state index contributed by atoms with van der Waals surface area (Å²) in [6.45, 7) is 17.1. The maximum absolute atomic E-state index is 2.74. The summed E-state index contributed by atoms with van der Waals surface area (Å²) in [5.41, 5.74) is 0.349. The zero-order valence-electron chi connectivity index (χ0n) is 13.7. The fraction of sp³-hybridized carbons (Fsp3) is 1.00. The van der Waals surface area contributed by atoms with E-state index in [2.05, 4.69) is 49.4 Å². The molecular weight excluding hydrogens is 234 g/mol. The van der Waals surface area contributed by atoms with Crippen molar-refractivity contribution in [3.8, 4) is 0 Å². The molecule has 0 spiro atoms. The lowest BCUT2D eigenvalue weighted by Gasteiger charge is -2.48. The molecule has 0 amide bonds. The molecule has 3 heteroatoms. The Kier molecular flexibility index (Phi) is 4.91. The third-order valence-electron chi connectivity index (χ3n) is 5.12. The molecule has 0 N–H and O–H groups in total. The van der Waals surface area contributed by atoms with Gasteiger partial charge in [0, 0.05) is 37.8 Å². The number of piperazine rings is 1. The van der Waals surface area contributed by atoms with Gasteiger partial charge in [0.2, 0.25) is 0 Å². The molecule has 0 radical (unpaired) electrons. The molecule has 0 aliphatic carbocycles. The lowest BCUT2D eigenvalue weighted by atomic mass is 9.91. The zero-order chi connectivity index (χ0) is 14.0. The highest BCUT2D eigenvalue weighted by Gasteiger charge is 2.34. The number of rotatable bonds is 3. The summed E-state index contributed by atoms with van der Waals surface area (Å²) >= 11 is 0. The normalized spacial score (nSPS) is 28.1. The summed E-state index contributed by atoms with van der Waals surface area (Å²) in [5, 5.41) is 0. The average Bonchev–Trinajstić information content (AvgIpc) is 2.33. The molecule has 2 saturated heterocycles. The van der Waals surface area contributed by atoms with E-state index < -0.39 is 0 Å². The maximum Gasteiger partial charge on any atom is 0.0280 e. The maximum atomic E-state index is 2.74. The van der Waals surface area contributed by atoms with Gasteiger partial charge in [0.05, 0.1) is 0 Å². The van der Waals surface area contributed by atoms with Crippen LogP contribution in [-0.4, -0.2) is 72.6 Å². The summed E-state index contributed by atoms with van der Waals surface area (Å²) in [4.78, 5) is 7.84. The summed E-state index contributed by atoms with van der Waals surface area (Å²) < 4.78 is 0. The fourth-order valence-corrected chi connectivity index (χ4v) is 3.74. The summed E-state index contributed by atoms with van der Waals surface area (Å²) in [6, 6.07) is 0.723. The molecule has 0 aromatic carbocycles. The molecular formula is C16H33N3. The van der Waals surface area contributed by atoms with Gasteiger partial charge in [-0.1, -0.05) is 0 Å². The van der Waals surface area contributed by atoms with Crippen LogP contribution < -0.4 is 0 Å². The molecule has 2 rings (SSSR count). The smallest absolute Gasteiger partial charge is 0.0280 e. The van der Waals surface area contributed by atoms with Crippen LogP contribution in [-0.2, 0) is 0 Å². The van der Waals surface area contributed by atoms with Crippen LogP contribution in [0.4, 0.5) is 0 Å². The average molecular weight is 267 g/mol. The standard InChI is InChI=1S/C16H33N3/c1-14(2)18-8-6-15(7-9-18)12-19-11-10-17(5)13-16(19,3)4/h14-15H,6-13H2,1-5H3. The molecule has 0 atom stereocenters. The number of hydrogen-bond donors (Lipinski definition) is 0. The van der Waals surface area contributed by atoms with E-state index in [9.17, 15) is 0 Å². The van der Waals surface area contributed by atoms with Crippen molar-refractivity contribution >= 4 is 0 Å². The highest BCUT2D eigenvalue weighted by atomic mass is 15.3. The second-order valence-electron chi connectivity index (χ2n) is 7.57. The molecule has 2 aliphatic rings. The van der Waals surface area contributed by atoms with Crippen LogP contribution >= 0.6 is 0 Å². The van der Waals surface area contributed by atoms with Crippen molar-refractivity contribution in [2.24, 2.45) is 5.92 Å². The lowest BCUT2D eigenvalue weighted by molar-refractivity contribution is 0.00950. The van der Waals surface area contributed by atoms with Crippen molar-refractivity contribution in [1.29, 1.82) is 0 Å². The van der Waals surface area contributed by atoms with Crippen LogP contribution in [0.25, 0.3) is 0 Å². The molecule has 2 fully saturated rings. The van der Waals surface area contributed by atoms with E-state index in [4.69, 9.17) is 0 Å². The SMILES string of the molecule is CC(C)N1CCC(CN2CCN(C)CC2(C)C)CC1. The van der Waals surface area contributed by atoms with Gasteiger partial charge in [-0.25, -0.2) is 0 Å². The quantitative estimate of drug-likeness (QED) is 0.775. The summed E-state index contributed by atoms with van der Waals surface area (Å²) in [7, 11) is 2.25. The van der Waals surface area contributed by atoms with Gasteiger partial charge in [-0.15, -0.1) is 0 Å². The largest absolute Gasteiger partial charge is 0.303 e.